The highest BCUT2D eigenvalue weighted by Gasteiger charge is 2.44. The van der Waals surface area contributed by atoms with E-state index in [-0.39, 0.29) is 6.61 Å². The second kappa shape index (κ2) is 16.6. The Labute approximate surface area is 263 Å². The smallest absolute Gasteiger partial charge is 0.206 e. The molecule has 1 aliphatic rings. The molecule has 4 atom stereocenters. The average molecular weight is 622 g/mol. The van der Waals surface area contributed by atoms with Crippen LogP contribution in [0, 0.1) is 0 Å². The normalized spacial score (nSPS) is 19.6. The van der Waals surface area contributed by atoms with Crippen molar-refractivity contribution in [3.63, 3.8) is 0 Å². The summed E-state index contributed by atoms with van der Waals surface area (Å²) >= 11 is 0. The summed E-state index contributed by atoms with van der Waals surface area (Å²) in [6.45, 7) is 2.29. The van der Waals surface area contributed by atoms with Crippen LogP contribution in [0.5, 0.6) is 11.5 Å². The highest BCUT2D eigenvalue weighted by atomic mass is 16.6. The van der Waals surface area contributed by atoms with Crippen LogP contribution in [0.15, 0.2) is 72.8 Å². The van der Waals surface area contributed by atoms with Crippen molar-refractivity contribution < 1.29 is 39.4 Å². The Morgan fingerprint density at radius 3 is 2.29 bits per heavy atom. The number of para-hydroxylation sites is 2. The van der Waals surface area contributed by atoms with Gasteiger partial charge in [-0.25, -0.2) is 4.98 Å². The Hall–Kier alpha value is -3.71. The van der Waals surface area contributed by atoms with Crippen LogP contribution in [-0.2, 0) is 22.6 Å². The number of hydrogen-bond donors (Lipinski definition) is 5. The zero-order valence-electron chi connectivity index (χ0n) is 25.3. The van der Waals surface area contributed by atoms with Crippen LogP contribution < -0.4 is 14.8 Å². The minimum atomic E-state index is -1.24. The second-order valence-electron chi connectivity index (χ2n) is 11.0. The van der Waals surface area contributed by atoms with Gasteiger partial charge >= 0.3 is 0 Å². The molecule has 0 saturated carbocycles. The lowest BCUT2D eigenvalue weighted by Gasteiger charge is -2.20. The fraction of sp³-hybridized carbons (Fsp3) is 0.441. The van der Waals surface area contributed by atoms with E-state index in [9.17, 15) is 15.3 Å². The van der Waals surface area contributed by atoms with Crippen LogP contribution in [0.2, 0.25) is 0 Å². The van der Waals surface area contributed by atoms with Crippen molar-refractivity contribution in [1.29, 1.82) is 0 Å². The molecule has 5 N–H and O–H groups in total. The third kappa shape index (κ3) is 8.51. The maximum absolute atomic E-state index is 10.8. The van der Waals surface area contributed by atoms with Gasteiger partial charge in [0.1, 0.15) is 18.3 Å². The number of ether oxygens (including phenoxy) is 4. The zero-order chi connectivity index (χ0) is 31.4. The molecule has 1 aliphatic heterocycles. The van der Waals surface area contributed by atoms with E-state index < -0.39 is 31.1 Å². The topological polar surface area (TPSA) is 148 Å². The molecule has 45 heavy (non-hydrogen) atoms. The van der Waals surface area contributed by atoms with Gasteiger partial charge in [-0.3, -0.25) is 4.57 Å². The van der Waals surface area contributed by atoms with Gasteiger partial charge in [-0.2, -0.15) is 0 Å². The van der Waals surface area contributed by atoms with Gasteiger partial charge in [0.2, 0.25) is 5.95 Å². The van der Waals surface area contributed by atoms with Gasteiger partial charge in [0.05, 0.1) is 37.5 Å². The molecule has 0 spiro atoms. The van der Waals surface area contributed by atoms with Crippen LogP contribution in [0.1, 0.15) is 43.0 Å². The lowest BCUT2D eigenvalue weighted by molar-refractivity contribution is -0.0499. The fourth-order valence-electron chi connectivity index (χ4n) is 5.24. The molecule has 0 aliphatic carbocycles. The summed E-state index contributed by atoms with van der Waals surface area (Å²) < 4.78 is 25.5. The third-order valence-corrected chi connectivity index (χ3v) is 7.69. The minimum absolute atomic E-state index is 0.111. The number of nitrogens with zero attached hydrogens (tertiary/aromatic N) is 2. The third-order valence-electron chi connectivity index (χ3n) is 7.69. The van der Waals surface area contributed by atoms with Crippen LogP contribution in [0.25, 0.3) is 11.0 Å². The molecule has 11 nitrogen and oxygen atoms in total. The zero-order valence-corrected chi connectivity index (χ0v) is 25.3. The van der Waals surface area contributed by atoms with Crippen molar-refractivity contribution in [2.75, 3.05) is 38.4 Å². The number of aliphatic hydroxyl groups is 4. The van der Waals surface area contributed by atoms with E-state index in [0.29, 0.717) is 68.8 Å². The molecule has 4 aromatic rings. The Balaban J connectivity index is 1.22. The Morgan fingerprint density at radius 1 is 0.778 bits per heavy atom. The summed E-state index contributed by atoms with van der Waals surface area (Å²) in [5, 5.41) is 43.3. The quantitative estimate of drug-likeness (QED) is 0.104. The van der Waals surface area contributed by atoms with Gasteiger partial charge in [-0.05, 0) is 61.1 Å². The molecular weight excluding hydrogens is 578 g/mol. The molecular formula is C34H43N3O8. The van der Waals surface area contributed by atoms with Crippen LogP contribution >= 0.6 is 0 Å². The van der Waals surface area contributed by atoms with Crippen LogP contribution in [-0.4, -0.2) is 81.3 Å². The maximum Gasteiger partial charge on any atom is 0.206 e. The first kappa shape index (κ1) is 32.7. The highest BCUT2D eigenvalue weighted by molar-refractivity contribution is 5.78. The van der Waals surface area contributed by atoms with Crippen LogP contribution in [0.3, 0.4) is 0 Å². The Kier molecular flexibility index (Phi) is 12.0. The number of rotatable bonds is 18. The monoisotopic (exact) mass is 621 g/mol. The van der Waals surface area contributed by atoms with Crippen molar-refractivity contribution in [3.8, 4) is 11.5 Å². The fourth-order valence-corrected chi connectivity index (χ4v) is 5.24. The highest BCUT2D eigenvalue weighted by Crippen LogP contribution is 2.35. The molecule has 0 bridgehead atoms. The maximum atomic E-state index is 10.8. The van der Waals surface area contributed by atoms with Gasteiger partial charge in [0.25, 0.3) is 0 Å². The van der Waals surface area contributed by atoms with Gasteiger partial charge in [0, 0.05) is 19.8 Å². The Bertz CT molecular complexity index is 1470. The van der Waals surface area contributed by atoms with E-state index in [1.807, 2.05) is 72.8 Å². The van der Waals surface area contributed by atoms with Gasteiger partial charge < -0.3 is 44.7 Å². The van der Waals surface area contributed by atoms with E-state index >= 15 is 0 Å². The molecule has 0 amide bonds. The van der Waals surface area contributed by atoms with Crippen molar-refractivity contribution in [3.05, 3.63) is 83.9 Å². The van der Waals surface area contributed by atoms with Crippen molar-refractivity contribution in [1.82, 2.24) is 9.55 Å². The number of anilines is 1. The molecule has 1 fully saturated rings. The summed E-state index contributed by atoms with van der Waals surface area (Å²) in [6.07, 6.45) is -1.24. The summed E-state index contributed by atoms with van der Waals surface area (Å²) in [7, 11) is 0. The molecule has 11 heteroatoms. The number of benzene rings is 3. The summed E-state index contributed by atoms with van der Waals surface area (Å²) in [6, 6.07) is 23.3. The predicted octanol–water partition coefficient (Wildman–Crippen LogP) is 3.79. The van der Waals surface area contributed by atoms with Crippen molar-refractivity contribution in [2.45, 2.75) is 63.4 Å². The van der Waals surface area contributed by atoms with E-state index in [1.54, 1.807) is 4.57 Å². The van der Waals surface area contributed by atoms with E-state index in [2.05, 4.69) is 5.32 Å². The van der Waals surface area contributed by atoms with Crippen LogP contribution in [0.4, 0.5) is 5.95 Å². The second-order valence-corrected chi connectivity index (χ2v) is 11.0. The molecule has 5 rings (SSSR count). The first-order valence-electron chi connectivity index (χ1n) is 15.5. The van der Waals surface area contributed by atoms with Crippen molar-refractivity contribution in [2.24, 2.45) is 0 Å². The SMILES string of the molecule is OCCCCOc1cc(CNc2nc3ccccc3n2[C@@H]2O[C@H](CO)[C@@H](O)[C@H]2O)ccc1OCCCCOCc1ccccc1. The number of unbranched alkanes of at least 4 members (excludes halogenated alkanes) is 2. The lowest BCUT2D eigenvalue weighted by atomic mass is 10.1. The number of aromatic nitrogens is 2. The van der Waals surface area contributed by atoms with Crippen molar-refractivity contribution >= 4 is 17.0 Å². The number of hydrogen-bond acceptors (Lipinski definition) is 10. The number of fused-ring (bicyclic) bond motifs is 1. The standard InChI is InChI=1S/C34H43N3O8/c38-16-6-7-18-44-29-20-25(14-15-28(29)43-19-9-8-17-42-23-24-10-2-1-3-11-24)21-35-34-36-26-12-4-5-13-27(26)37(34)33-32(41)31(40)30(22-39)45-33/h1-5,10-15,20,30-33,38-41H,6-9,16-19,21-23H2,(H,35,36)/t30-,31-,32-,33-/m1/s1. The van der Waals surface area contributed by atoms with Gasteiger partial charge in [-0.15, -0.1) is 0 Å². The molecule has 3 aromatic carbocycles. The first-order chi connectivity index (χ1) is 22.1. The number of aliphatic hydroxyl groups excluding tert-OH is 4. The van der Waals surface area contributed by atoms with Gasteiger partial charge in [0.15, 0.2) is 17.7 Å². The molecule has 0 unspecified atom stereocenters. The molecule has 242 valence electrons. The molecule has 1 saturated heterocycles. The molecule has 1 aromatic heterocycles. The first-order valence-corrected chi connectivity index (χ1v) is 15.5. The van der Waals surface area contributed by atoms with E-state index in [4.69, 9.17) is 29.0 Å². The molecule has 0 radical (unpaired) electrons. The average Bonchev–Trinajstić information content (AvgIpc) is 3.58. The largest absolute Gasteiger partial charge is 0.490 e. The summed E-state index contributed by atoms with van der Waals surface area (Å²) in [4.78, 5) is 4.71. The molecule has 2 heterocycles. The summed E-state index contributed by atoms with van der Waals surface area (Å²) in [5.41, 5.74) is 3.48. The number of nitrogens with one attached hydrogen (secondary N) is 1. The van der Waals surface area contributed by atoms with Gasteiger partial charge in [-0.1, -0.05) is 48.5 Å². The summed E-state index contributed by atoms with van der Waals surface area (Å²) in [5.74, 6) is 1.71. The lowest BCUT2D eigenvalue weighted by Crippen LogP contribution is -2.33. The number of imidazole rings is 1. The predicted molar refractivity (Wildman–Crippen MR) is 169 cm³/mol. The Morgan fingerprint density at radius 2 is 1.51 bits per heavy atom. The van der Waals surface area contributed by atoms with E-state index in [0.717, 1.165) is 29.5 Å². The minimum Gasteiger partial charge on any atom is -0.490 e. The van der Waals surface area contributed by atoms with E-state index in [1.165, 1.54) is 0 Å².